The van der Waals surface area contributed by atoms with Gasteiger partial charge in [0.1, 0.15) is 0 Å². The van der Waals surface area contributed by atoms with Crippen LogP contribution in [0, 0.1) is 5.92 Å². The van der Waals surface area contributed by atoms with E-state index >= 15 is 0 Å². The Morgan fingerprint density at radius 3 is 2.65 bits per heavy atom. The van der Waals surface area contributed by atoms with Crippen LogP contribution in [0.4, 0.5) is 0 Å². The molecule has 4 heteroatoms. The Morgan fingerprint density at radius 2 is 2.06 bits per heavy atom. The maximum absolute atomic E-state index is 12.2. The quantitative estimate of drug-likeness (QED) is 0.843. The van der Waals surface area contributed by atoms with E-state index in [0.717, 1.165) is 31.7 Å². The smallest absolute Gasteiger partial charge is 0.239 e. The third-order valence-electron chi connectivity index (χ3n) is 3.19. The molecular formula is C13H26N2OS. The summed E-state index contributed by atoms with van der Waals surface area (Å²) in [6, 6.07) is -0.318. The van der Waals surface area contributed by atoms with Crippen LogP contribution < -0.4 is 5.73 Å². The number of rotatable bonds is 3. The third-order valence-corrected chi connectivity index (χ3v) is 4.56. The van der Waals surface area contributed by atoms with Crippen LogP contribution >= 0.6 is 11.8 Å². The molecule has 0 unspecified atom stereocenters. The Morgan fingerprint density at radius 1 is 1.41 bits per heavy atom. The van der Waals surface area contributed by atoms with Crippen molar-refractivity contribution in [3.05, 3.63) is 0 Å². The summed E-state index contributed by atoms with van der Waals surface area (Å²) in [6.07, 6.45) is 1.84. The molecule has 3 nitrogen and oxygen atoms in total. The zero-order chi connectivity index (χ0) is 13.1. The molecule has 100 valence electrons. The molecule has 1 saturated heterocycles. The molecule has 0 aromatic rings. The van der Waals surface area contributed by atoms with E-state index < -0.39 is 0 Å². The van der Waals surface area contributed by atoms with Gasteiger partial charge in [0.05, 0.1) is 6.04 Å². The first-order valence-corrected chi connectivity index (χ1v) is 7.49. The highest BCUT2D eigenvalue weighted by Crippen LogP contribution is 2.30. The van der Waals surface area contributed by atoms with Crippen molar-refractivity contribution < 1.29 is 4.79 Å². The molecule has 0 spiro atoms. The fraction of sp³-hybridized carbons (Fsp3) is 0.923. The number of hydrogen-bond acceptors (Lipinski definition) is 3. The molecule has 17 heavy (non-hydrogen) atoms. The fourth-order valence-electron chi connectivity index (χ4n) is 2.08. The number of hydrogen-bond donors (Lipinski definition) is 1. The maximum Gasteiger partial charge on any atom is 0.239 e. The van der Waals surface area contributed by atoms with Gasteiger partial charge in [-0.1, -0.05) is 27.7 Å². The molecule has 0 aromatic heterocycles. The van der Waals surface area contributed by atoms with Gasteiger partial charge in [0.2, 0.25) is 5.91 Å². The van der Waals surface area contributed by atoms with Crippen molar-refractivity contribution in [2.75, 3.05) is 18.8 Å². The predicted molar refractivity (Wildman–Crippen MR) is 75.2 cm³/mol. The van der Waals surface area contributed by atoms with Gasteiger partial charge < -0.3 is 10.6 Å². The summed E-state index contributed by atoms with van der Waals surface area (Å²) in [5.74, 6) is 1.64. The first kappa shape index (κ1) is 14.8. The SMILES string of the molecule is CC(C)C[C@@H](N)C(=O)N1CCSC(C)(C)CC1. The summed E-state index contributed by atoms with van der Waals surface area (Å²) in [7, 11) is 0. The van der Waals surface area contributed by atoms with Crippen molar-refractivity contribution in [2.45, 2.75) is 51.3 Å². The van der Waals surface area contributed by atoms with Gasteiger partial charge >= 0.3 is 0 Å². The highest BCUT2D eigenvalue weighted by Gasteiger charge is 2.28. The van der Waals surface area contributed by atoms with Crippen LogP contribution in [0.25, 0.3) is 0 Å². The van der Waals surface area contributed by atoms with E-state index in [-0.39, 0.29) is 16.7 Å². The van der Waals surface area contributed by atoms with Crippen LogP contribution in [0.15, 0.2) is 0 Å². The van der Waals surface area contributed by atoms with E-state index in [1.54, 1.807) is 0 Å². The Kier molecular flexibility index (Phi) is 5.32. The van der Waals surface area contributed by atoms with E-state index in [1.165, 1.54) is 0 Å². The number of carbonyl (C=O) groups excluding carboxylic acids is 1. The summed E-state index contributed by atoms with van der Waals surface area (Å²) in [4.78, 5) is 14.1. The second kappa shape index (κ2) is 6.10. The first-order chi connectivity index (χ1) is 7.82. The van der Waals surface area contributed by atoms with Crippen LogP contribution in [0.2, 0.25) is 0 Å². The molecule has 0 saturated carbocycles. The molecule has 2 N–H and O–H groups in total. The molecule has 1 amide bonds. The van der Waals surface area contributed by atoms with Crippen LogP contribution in [-0.4, -0.2) is 40.4 Å². The Bertz CT molecular complexity index is 266. The van der Waals surface area contributed by atoms with E-state index in [9.17, 15) is 4.79 Å². The highest BCUT2D eigenvalue weighted by molar-refractivity contribution is 8.00. The molecule has 1 fully saturated rings. The minimum Gasteiger partial charge on any atom is -0.340 e. The molecule has 0 aromatic carbocycles. The van der Waals surface area contributed by atoms with E-state index in [2.05, 4.69) is 27.7 Å². The van der Waals surface area contributed by atoms with Crippen molar-refractivity contribution in [1.29, 1.82) is 0 Å². The largest absolute Gasteiger partial charge is 0.340 e. The molecule has 1 aliphatic rings. The average molecular weight is 258 g/mol. The lowest BCUT2D eigenvalue weighted by atomic mass is 10.0. The van der Waals surface area contributed by atoms with Gasteiger partial charge in [-0.2, -0.15) is 11.8 Å². The zero-order valence-electron chi connectivity index (χ0n) is 11.5. The lowest BCUT2D eigenvalue weighted by Gasteiger charge is -2.25. The lowest BCUT2D eigenvalue weighted by molar-refractivity contribution is -0.132. The van der Waals surface area contributed by atoms with E-state index in [4.69, 9.17) is 5.73 Å². The van der Waals surface area contributed by atoms with Crippen LogP contribution in [0.3, 0.4) is 0 Å². The number of amides is 1. The number of carbonyl (C=O) groups is 1. The standard InChI is InChI=1S/C13H26N2OS/c1-10(2)9-11(14)12(16)15-6-5-13(3,4)17-8-7-15/h10-11H,5-9,14H2,1-4H3/t11-/m1/s1. The van der Waals surface area contributed by atoms with Crippen molar-refractivity contribution in [3.8, 4) is 0 Å². The van der Waals surface area contributed by atoms with Gasteiger partial charge in [-0.25, -0.2) is 0 Å². The average Bonchev–Trinajstić information content (AvgIpc) is 2.37. The summed E-state index contributed by atoms with van der Waals surface area (Å²) in [6.45, 7) is 10.4. The lowest BCUT2D eigenvalue weighted by Crippen LogP contribution is -2.45. The normalized spacial score (nSPS) is 22.4. The summed E-state index contributed by atoms with van der Waals surface area (Å²) in [5.41, 5.74) is 5.97. The summed E-state index contributed by atoms with van der Waals surface area (Å²) >= 11 is 1.95. The van der Waals surface area contributed by atoms with Crippen molar-refractivity contribution in [3.63, 3.8) is 0 Å². The second-order valence-corrected chi connectivity index (χ2v) is 7.72. The molecule has 1 rings (SSSR count). The first-order valence-electron chi connectivity index (χ1n) is 6.50. The second-order valence-electron chi connectivity index (χ2n) is 5.92. The fourth-order valence-corrected chi connectivity index (χ4v) is 3.18. The molecular weight excluding hydrogens is 232 g/mol. The highest BCUT2D eigenvalue weighted by atomic mass is 32.2. The molecule has 1 heterocycles. The van der Waals surface area contributed by atoms with Gasteiger partial charge in [0.25, 0.3) is 0 Å². The van der Waals surface area contributed by atoms with Gasteiger partial charge in [-0.15, -0.1) is 0 Å². The van der Waals surface area contributed by atoms with Crippen LogP contribution in [-0.2, 0) is 4.79 Å². The number of nitrogens with two attached hydrogens (primary N) is 1. The zero-order valence-corrected chi connectivity index (χ0v) is 12.3. The van der Waals surface area contributed by atoms with Gasteiger partial charge in [0, 0.05) is 23.6 Å². The monoisotopic (exact) mass is 258 g/mol. The van der Waals surface area contributed by atoms with Gasteiger partial charge in [0.15, 0.2) is 0 Å². The minimum atomic E-state index is -0.318. The van der Waals surface area contributed by atoms with Crippen molar-refractivity contribution >= 4 is 17.7 Å². The number of thioether (sulfide) groups is 1. The summed E-state index contributed by atoms with van der Waals surface area (Å²) in [5, 5.41) is 0. The number of nitrogens with zero attached hydrogens (tertiary/aromatic N) is 1. The van der Waals surface area contributed by atoms with Crippen molar-refractivity contribution in [1.82, 2.24) is 4.90 Å². The third kappa shape index (κ3) is 4.88. The van der Waals surface area contributed by atoms with E-state index in [0.29, 0.717) is 5.92 Å². The maximum atomic E-state index is 12.2. The predicted octanol–water partition coefficient (Wildman–Crippen LogP) is 2.10. The van der Waals surface area contributed by atoms with Gasteiger partial charge in [-0.05, 0) is 18.8 Å². The van der Waals surface area contributed by atoms with E-state index in [1.807, 2.05) is 16.7 Å². The summed E-state index contributed by atoms with van der Waals surface area (Å²) < 4.78 is 0.289. The van der Waals surface area contributed by atoms with Crippen molar-refractivity contribution in [2.24, 2.45) is 11.7 Å². The Balaban J connectivity index is 2.52. The minimum absolute atomic E-state index is 0.136. The Hall–Kier alpha value is -0.220. The molecule has 1 aliphatic heterocycles. The Labute approximate surface area is 109 Å². The van der Waals surface area contributed by atoms with Crippen LogP contribution in [0.1, 0.15) is 40.5 Å². The molecule has 1 atom stereocenters. The molecule has 0 bridgehead atoms. The molecule has 0 radical (unpaired) electrons. The van der Waals surface area contributed by atoms with Gasteiger partial charge in [-0.3, -0.25) is 4.79 Å². The topological polar surface area (TPSA) is 46.3 Å². The molecule has 0 aliphatic carbocycles. The van der Waals surface area contributed by atoms with Crippen LogP contribution in [0.5, 0.6) is 0 Å².